The number of rotatable bonds is 4. The van der Waals surface area contributed by atoms with Gasteiger partial charge in [0.1, 0.15) is 12.2 Å². The maximum absolute atomic E-state index is 4.51. The van der Waals surface area contributed by atoms with Crippen molar-refractivity contribution in [2.45, 2.75) is 63.1 Å². The number of nitrogens with one attached hydrogen (secondary N) is 2. The van der Waals surface area contributed by atoms with E-state index in [9.17, 15) is 0 Å². The summed E-state index contributed by atoms with van der Waals surface area (Å²) in [6.07, 6.45) is 10.4. The molecule has 2 aliphatic heterocycles. The molecule has 1 aromatic rings. The van der Waals surface area contributed by atoms with Crippen molar-refractivity contribution in [1.82, 2.24) is 30.3 Å². The van der Waals surface area contributed by atoms with Gasteiger partial charge in [-0.05, 0) is 19.3 Å². The minimum Gasteiger partial charge on any atom is -0.355 e. The molecule has 0 aromatic carbocycles. The van der Waals surface area contributed by atoms with Crippen LogP contribution in [0.2, 0.25) is 0 Å². The van der Waals surface area contributed by atoms with Crippen LogP contribution < -0.4 is 10.6 Å². The van der Waals surface area contributed by atoms with Gasteiger partial charge in [0.25, 0.3) is 0 Å². The molecule has 0 spiro atoms. The highest BCUT2D eigenvalue weighted by Crippen LogP contribution is 2.34. The van der Waals surface area contributed by atoms with Gasteiger partial charge >= 0.3 is 0 Å². The summed E-state index contributed by atoms with van der Waals surface area (Å²) < 4.78 is 2.02. The Morgan fingerprint density at radius 1 is 1.30 bits per heavy atom. The molecule has 3 heterocycles. The Morgan fingerprint density at radius 2 is 2.11 bits per heavy atom. The van der Waals surface area contributed by atoms with Crippen molar-refractivity contribution in [1.29, 1.82) is 0 Å². The van der Waals surface area contributed by atoms with Crippen molar-refractivity contribution in [2.24, 2.45) is 4.99 Å². The number of thioether (sulfide) groups is 1. The minimum atomic E-state index is 0.308. The summed E-state index contributed by atoms with van der Waals surface area (Å²) in [6.45, 7) is 4.33. The van der Waals surface area contributed by atoms with Gasteiger partial charge in [0.2, 0.25) is 0 Å². The van der Waals surface area contributed by atoms with Gasteiger partial charge < -0.3 is 10.6 Å². The van der Waals surface area contributed by atoms with E-state index in [2.05, 4.69) is 42.4 Å². The number of aromatic nitrogens is 3. The van der Waals surface area contributed by atoms with Gasteiger partial charge in [-0.1, -0.05) is 19.3 Å². The van der Waals surface area contributed by atoms with Crippen molar-refractivity contribution in [2.75, 3.05) is 38.2 Å². The van der Waals surface area contributed by atoms with Crippen molar-refractivity contribution in [3.05, 3.63) is 12.2 Å². The lowest BCUT2D eigenvalue weighted by molar-refractivity contribution is 0.0625. The van der Waals surface area contributed by atoms with Crippen LogP contribution in [0.5, 0.6) is 0 Å². The maximum atomic E-state index is 4.51. The van der Waals surface area contributed by atoms with Gasteiger partial charge in [0, 0.05) is 56.2 Å². The van der Waals surface area contributed by atoms with Crippen LogP contribution in [0, 0.1) is 0 Å². The van der Waals surface area contributed by atoms with E-state index in [0.29, 0.717) is 11.6 Å². The third-order valence-corrected chi connectivity index (χ3v) is 7.36. The molecule has 1 unspecified atom stereocenters. The molecule has 1 saturated carbocycles. The zero-order valence-electron chi connectivity index (χ0n) is 16.5. The van der Waals surface area contributed by atoms with Crippen molar-refractivity contribution < 1.29 is 0 Å². The van der Waals surface area contributed by atoms with Crippen LogP contribution in [0.25, 0.3) is 0 Å². The predicted octanol–water partition coefficient (Wildman–Crippen LogP) is 1.51. The molecular weight excluding hydrogens is 358 g/mol. The Balaban J connectivity index is 1.36. The fourth-order valence-electron chi connectivity index (χ4n) is 4.84. The lowest BCUT2D eigenvalue weighted by Crippen LogP contribution is -2.60. The summed E-state index contributed by atoms with van der Waals surface area (Å²) in [5, 5.41) is 11.6. The average molecular weight is 392 g/mol. The maximum Gasteiger partial charge on any atom is 0.191 e. The summed E-state index contributed by atoms with van der Waals surface area (Å²) in [4.78, 5) is 11.6. The topological polar surface area (TPSA) is 70.4 Å². The molecule has 2 N–H and O–H groups in total. The summed E-state index contributed by atoms with van der Waals surface area (Å²) in [5.74, 6) is 4.58. The summed E-state index contributed by atoms with van der Waals surface area (Å²) in [6, 6.07) is 0.360. The average Bonchev–Trinajstić information content (AvgIpc) is 3.20. The fraction of sp³-hybridized carbons (Fsp3) is 0.842. The number of hydrogen-bond donors (Lipinski definition) is 2. The van der Waals surface area contributed by atoms with Crippen LogP contribution in [0.4, 0.5) is 0 Å². The molecule has 7 nitrogen and oxygen atoms in total. The number of guanidine groups is 1. The second kappa shape index (κ2) is 8.82. The normalized spacial score (nSPS) is 26.4. The molecule has 3 aliphatic rings. The summed E-state index contributed by atoms with van der Waals surface area (Å²) >= 11 is 2.10. The van der Waals surface area contributed by atoms with E-state index >= 15 is 0 Å². The SMILES string of the molecule is CN=C(NCC1(N2CCSCC2)CCCCC1)NC1CCc2ncnn2C1. The zero-order valence-corrected chi connectivity index (χ0v) is 17.3. The highest BCUT2D eigenvalue weighted by atomic mass is 32.2. The Morgan fingerprint density at radius 3 is 2.89 bits per heavy atom. The number of hydrogen-bond acceptors (Lipinski definition) is 5. The van der Waals surface area contributed by atoms with E-state index in [4.69, 9.17) is 0 Å². The first-order valence-corrected chi connectivity index (χ1v) is 11.6. The fourth-order valence-corrected chi connectivity index (χ4v) is 5.75. The molecule has 150 valence electrons. The molecule has 1 aromatic heterocycles. The highest BCUT2D eigenvalue weighted by Gasteiger charge is 2.38. The molecule has 0 radical (unpaired) electrons. The third-order valence-electron chi connectivity index (χ3n) is 6.42. The van der Waals surface area contributed by atoms with E-state index in [1.165, 1.54) is 56.7 Å². The summed E-state index contributed by atoms with van der Waals surface area (Å²) in [5.41, 5.74) is 0.308. The Labute approximate surface area is 166 Å². The first-order valence-electron chi connectivity index (χ1n) is 10.5. The van der Waals surface area contributed by atoms with E-state index in [0.717, 1.165) is 37.7 Å². The van der Waals surface area contributed by atoms with Gasteiger partial charge in [-0.15, -0.1) is 0 Å². The Bertz CT molecular complexity index is 632. The van der Waals surface area contributed by atoms with Gasteiger partial charge in [-0.2, -0.15) is 16.9 Å². The van der Waals surface area contributed by atoms with Crippen LogP contribution >= 0.6 is 11.8 Å². The minimum absolute atomic E-state index is 0.308. The van der Waals surface area contributed by atoms with Gasteiger partial charge in [0.05, 0.1) is 6.54 Å². The molecule has 1 atom stereocenters. The molecule has 8 heteroatoms. The van der Waals surface area contributed by atoms with E-state index in [-0.39, 0.29) is 0 Å². The van der Waals surface area contributed by atoms with Crippen LogP contribution in [0.1, 0.15) is 44.3 Å². The monoisotopic (exact) mass is 391 g/mol. The van der Waals surface area contributed by atoms with Gasteiger partial charge in [-0.3, -0.25) is 9.89 Å². The lowest BCUT2D eigenvalue weighted by atomic mass is 9.80. The van der Waals surface area contributed by atoms with Gasteiger partial charge in [0.15, 0.2) is 5.96 Å². The molecular formula is C19H33N7S. The Kier molecular flexibility index (Phi) is 6.22. The van der Waals surface area contributed by atoms with E-state index in [1.807, 2.05) is 11.7 Å². The quantitative estimate of drug-likeness (QED) is 0.599. The van der Waals surface area contributed by atoms with Crippen LogP contribution in [0.3, 0.4) is 0 Å². The Hall–Kier alpha value is -1.28. The molecule has 1 saturated heterocycles. The molecule has 0 amide bonds. The molecule has 2 fully saturated rings. The van der Waals surface area contributed by atoms with Crippen LogP contribution in [-0.2, 0) is 13.0 Å². The largest absolute Gasteiger partial charge is 0.355 e. The number of aliphatic imine (C=N–C) groups is 1. The molecule has 4 rings (SSSR count). The van der Waals surface area contributed by atoms with E-state index < -0.39 is 0 Å². The molecule has 27 heavy (non-hydrogen) atoms. The second-order valence-corrected chi connectivity index (χ2v) is 9.27. The highest BCUT2D eigenvalue weighted by molar-refractivity contribution is 7.99. The lowest BCUT2D eigenvalue weighted by Gasteiger charge is -2.48. The van der Waals surface area contributed by atoms with Crippen molar-refractivity contribution in [3.8, 4) is 0 Å². The summed E-state index contributed by atoms with van der Waals surface area (Å²) in [7, 11) is 1.88. The third kappa shape index (κ3) is 4.42. The standard InChI is InChI=1S/C19H33N7S/c1-20-18(24-16-5-6-17-22-15-23-26(17)13-16)21-14-19(7-3-2-4-8-19)25-9-11-27-12-10-25/h15-16H,2-14H2,1H3,(H2,20,21,24). The second-order valence-electron chi connectivity index (χ2n) is 8.05. The van der Waals surface area contributed by atoms with Gasteiger partial charge in [-0.25, -0.2) is 9.67 Å². The molecule has 0 bridgehead atoms. The number of aryl methyl sites for hydroxylation is 1. The van der Waals surface area contributed by atoms with Crippen LogP contribution in [-0.4, -0.2) is 75.4 Å². The van der Waals surface area contributed by atoms with Crippen molar-refractivity contribution >= 4 is 17.7 Å². The smallest absolute Gasteiger partial charge is 0.191 e. The van der Waals surface area contributed by atoms with Crippen molar-refractivity contribution in [3.63, 3.8) is 0 Å². The molecule has 1 aliphatic carbocycles. The number of nitrogens with zero attached hydrogens (tertiary/aromatic N) is 5. The predicted molar refractivity (Wildman–Crippen MR) is 111 cm³/mol. The zero-order chi connectivity index (χ0) is 18.5. The van der Waals surface area contributed by atoms with E-state index in [1.54, 1.807) is 6.33 Å². The first-order chi connectivity index (χ1) is 13.3. The first kappa shape index (κ1) is 19.1. The van der Waals surface area contributed by atoms with Crippen LogP contribution in [0.15, 0.2) is 11.3 Å². The number of fused-ring (bicyclic) bond motifs is 1.